The van der Waals surface area contributed by atoms with Crippen LogP contribution in [0.2, 0.25) is 0 Å². The summed E-state index contributed by atoms with van der Waals surface area (Å²) in [5, 5.41) is 8.63. The number of aliphatic hydroxyl groups excluding tert-OH is 1. The molecule has 0 saturated carbocycles. The van der Waals surface area contributed by atoms with Crippen molar-refractivity contribution in [1.82, 2.24) is 0 Å². The minimum Gasteiger partial charge on any atom is -0.489 e. The summed E-state index contributed by atoms with van der Waals surface area (Å²) in [6.45, 7) is 1.78. The van der Waals surface area contributed by atoms with Gasteiger partial charge in [0, 0.05) is 11.1 Å². The SMILES string of the molecule is COC1=C(OC)C(=O)C(CCCCC=CCCCC=CCO)=C(C)C1=O. The maximum absolute atomic E-state index is 12.5. The standard InChI is InChI=1S/C21H30O5/c1-16-17(19(24)21(26-3)20(25-2)18(16)23)14-12-10-8-6-4-5-7-9-11-13-15-22/h4,6,11,13,22H,5,7-10,12,14-15H2,1-3H3. The fraction of sp³-hybridized carbons (Fsp3) is 0.524. The summed E-state index contributed by atoms with van der Waals surface area (Å²) in [6.07, 6.45) is 14.5. The summed E-state index contributed by atoms with van der Waals surface area (Å²) >= 11 is 0. The summed E-state index contributed by atoms with van der Waals surface area (Å²) in [5.41, 5.74) is 0.992. The Morgan fingerprint density at radius 3 is 1.92 bits per heavy atom. The van der Waals surface area contributed by atoms with E-state index < -0.39 is 0 Å². The summed E-state index contributed by atoms with van der Waals surface area (Å²) < 4.78 is 10.1. The molecule has 0 aromatic heterocycles. The predicted molar refractivity (Wildman–Crippen MR) is 101 cm³/mol. The van der Waals surface area contributed by atoms with E-state index in [-0.39, 0.29) is 29.7 Å². The molecular formula is C21H30O5. The zero-order valence-electron chi connectivity index (χ0n) is 16.0. The maximum atomic E-state index is 12.5. The molecule has 0 bridgehead atoms. The second-order valence-corrected chi connectivity index (χ2v) is 6.13. The number of aliphatic hydroxyl groups is 1. The van der Waals surface area contributed by atoms with Gasteiger partial charge in [-0.3, -0.25) is 9.59 Å². The molecule has 0 aromatic carbocycles. The third-order valence-electron chi connectivity index (χ3n) is 4.32. The average Bonchev–Trinajstić information content (AvgIpc) is 2.64. The summed E-state index contributed by atoms with van der Waals surface area (Å²) in [7, 11) is 2.75. The van der Waals surface area contributed by atoms with Crippen molar-refractivity contribution in [2.75, 3.05) is 20.8 Å². The van der Waals surface area contributed by atoms with Gasteiger partial charge in [-0.05, 0) is 51.9 Å². The van der Waals surface area contributed by atoms with Crippen LogP contribution < -0.4 is 0 Å². The number of hydrogen-bond acceptors (Lipinski definition) is 5. The molecular weight excluding hydrogens is 332 g/mol. The van der Waals surface area contributed by atoms with Crippen molar-refractivity contribution in [2.24, 2.45) is 0 Å². The number of rotatable bonds is 12. The van der Waals surface area contributed by atoms with Gasteiger partial charge in [0.25, 0.3) is 0 Å². The minimum atomic E-state index is -0.269. The largest absolute Gasteiger partial charge is 0.489 e. The number of carbonyl (C=O) groups excluding carboxylic acids is 2. The van der Waals surface area contributed by atoms with E-state index in [1.54, 1.807) is 13.0 Å². The first-order valence-corrected chi connectivity index (χ1v) is 9.10. The predicted octanol–water partition coefficient (Wildman–Crippen LogP) is 3.79. The number of methoxy groups -OCH3 is 2. The fourth-order valence-electron chi connectivity index (χ4n) is 2.84. The molecule has 0 heterocycles. The van der Waals surface area contributed by atoms with Crippen LogP contribution in [0.3, 0.4) is 0 Å². The van der Waals surface area contributed by atoms with Crippen LogP contribution in [0, 0.1) is 0 Å². The van der Waals surface area contributed by atoms with Crippen molar-refractivity contribution in [1.29, 1.82) is 0 Å². The van der Waals surface area contributed by atoms with E-state index in [2.05, 4.69) is 12.2 Å². The quantitative estimate of drug-likeness (QED) is 0.325. The molecule has 5 nitrogen and oxygen atoms in total. The Kier molecular flexibility index (Phi) is 10.3. The lowest BCUT2D eigenvalue weighted by Gasteiger charge is -2.20. The lowest BCUT2D eigenvalue weighted by molar-refractivity contribution is -0.121. The minimum absolute atomic E-state index is 0.00415. The average molecular weight is 362 g/mol. The van der Waals surface area contributed by atoms with Crippen molar-refractivity contribution < 1.29 is 24.2 Å². The monoisotopic (exact) mass is 362 g/mol. The first-order valence-electron chi connectivity index (χ1n) is 9.10. The molecule has 26 heavy (non-hydrogen) atoms. The highest BCUT2D eigenvalue weighted by Crippen LogP contribution is 2.28. The Balaban J connectivity index is 2.39. The third kappa shape index (κ3) is 6.30. The van der Waals surface area contributed by atoms with Crippen LogP contribution in [0.5, 0.6) is 0 Å². The molecule has 0 spiro atoms. The van der Waals surface area contributed by atoms with Gasteiger partial charge in [-0.2, -0.15) is 0 Å². The van der Waals surface area contributed by atoms with Gasteiger partial charge >= 0.3 is 0 Å². The van der Waals surface area contributed by atoms with Crippen LogP contribution in [0.1, 0.15) is 51.9 Å². The topological polar surface area (TPSA) is 72.8 Å². The zero-order chi connectivity index (χ0) is 19.4. The van der Waals surface area contributed by atoms with E-state index in [1.807, 2.05) is 6.08 Å². The number of ether oxygens (including phenoxy) is 2. The van der Waals surface area contributed by atoms with Gasteiger partial charge in [-0.25, -0.2) is 0 Å². The molecule has 144 valence electrons. The number of ketones is 2. The lowest BCUT2D eigenvalue weighted by atomic mass is 9.89. The Morgan fingerprint density at radius 2 is 1.35 bits per heavy atom. The van der Waals surface area contributed by atoms with Crippen molar-refractivity contribution in [3.8, 4) is 0 Å². The molecule has 5 heteroatoms. The van der Waals surface area contributed by atoms with E-state index >= 15 is 0 Å². The van der Waals surface area contributed by atoms with Crippen LogP contribution in [0.25, 0.3) is 0 Å². The number of carbonyl (C=O) groups is 2. The molecule has 0 unspecified atom stereocenters. The summed E-state index contributed by atoms with van der Waals surface area (Å²) in [5.74, 6) is -0.509. The van der Waals surface area contributed by atoms with E-state index in [0.717, 1.165) is 38.5 Å². The molecule has 0 aromatic rings. The first-order chi connectivity index (χ1) is 12.6. The van der Waals surface area contributed by atoms with Crippen molar-refractivity contribution in [2.45, 2.75) is 51.9 Å². The second-order valence-electron chi connectivity index (χ2n) is 6.13. The molecule has 0 aliphatic heterocycles. The fourth-order valence-corrected chi connectivity index (χ4v) is 2.84. The van der Waals surface area contributed by atoms with Gasteiger partial charge in [-0.1, -0.05) is 24.3 Å². The summed E-state index contributed by atoms with van der Waals surface area (Å²) in [4.78, 5) is 24.8. The van der Waals surface area contributed by atoms with Gasteiger partial charge in [0.2, 0.25) is 23.1 Å². The highest BCUT2D eigenvalue weighted by atomic mass is 16.5. The molecule has 1 aliphatic carbocycles. The van der Waals surface area contributed by atoms with E-state index in [0.29, 0.717) is 17.6 Å². The van der Waals surface area contributed by atoms with Crippen LogP contribution in [-0.2, 0) is 19.1 Å². The van der Waals surface area contributed by atoms with Crippen LogP contribution in [-0.4, -0.2) is 37.5 Å². The summed E-state index contributed by atoms with van der Waals surface area (Å²) in [6, 6.07) is 0. The second kappa shape index (κ2) is 12.3. The Hall–Kier alpha value is -2.14. The zero-order valence-corrected chi connectivity index (χ0v) is 16.0. The molecule has 0 saturated heterocycles. The van der Waals surface area contributed by atoms with E-state index in [9.17, 15) is 9.59 Å². The van der Waals surface area contributed by atoms with E-state index in [1.165, 1.54) is 14.2 Å². The third-order valence-corrected chi connectivity index (χ3v) is 4.32. The Morgan fingerprint density at radius 1 is 0.808 bits per heavy atom. The molecule has 1 rings (SSSR count). The van der Waals surface area contributed by atoms with Gasteiger partial charge in [0.1, 0.15) is 0 Å². The van der Waals surface area contributed by atoms with Crippen LogP contribution in [0.4, 0.5) is 0 Å². The van der Waals surface area contributed by atoms with Crippen LogP contribution >= 0.6 is 0 Å². The van der Waals surface area contributed by atoms with E-state index in [4.69, 9.17) is 14.6 Å². The molecule has 0 radical (unpaired) electrons. The number of Topliss-reactive ketones (excluding diaryl/α,β-unsaturated/α-hetero) is 2. The lowest BCUT2D eigenvalue weighted by Crippen LogP contribution is -2.25. The van der Waals surface area contributed by atoms with Gasteiger partial charge < -0.3 is 14.6 Å². The maximum Gasteiger partial charge on any atom is 0.228 e. The molecule has 1 N–H and O–H groups in total. The number of hydrogen-bond donors (Lipinski definition) is 1. The smallest absolute Gasteiger partial charge is 0.228 e. The van der Waals surface area contributed by atoms with Crippen molar-refractivity contribution in [3.05, 3.63) is 47.0 Å². The van der Waals surface area contributed by atoms with Crippen LogP contribution in [0.15, 0.2) is 47.0 Å². The highest BCUT2D eigenvalue weighted by molar-refractivity contribution is 6.23. The van der Waals surface area contributed by atoms with Gasteiger partial charge in [-0.15, -0.1) is 0 Å². The first kappa shape index (κ1) is 21.9. The Bertz CT molecular complexity index is 608. The van der Waals surface area contributed by atoms with Crippen molar-refractivity contribution >= 4 is 11.6 Å². The molecule has 0 atom stereocenters. The molecule has 1 aliphatic rings. The Labute approximate surface area is 156 Å². The van der Waals surface area contributed by atoms with Gasteiger partial charge in [0.15, 0.2) is 0 Å². The number of unbranched alkanes of at least 4 members (excludes halogenated alkanes) is 4. The molecule has 0 fully saturated rings. The van der Waals surface area contributed by atoms with Gasteiger partial charge in [0.05, 0.1) is 20.8 Å². The normalized spacial score (nSPS) is 15.7. The van der Waals surface area contributed by atoms with Crippen molar-refractivity contribution in [3.63, 3.8) is 0 Å². The molecule has 0 amide bonds. The highest BCUT2D eigenvalue weighted by Gasteiger charge is 2.34. The number of allylic oxidation sites excluding steroid dienone is 5.